The normalized spacial score (nSPS) is 20.2. The molecule has 1 saturated carbocycles. The standard InChI is InChI=1S/C11H15BrN2/c1-8(11(2)5-6-11)14-9-4-3-7-13-10(9)12/h3-4,7-8,14H,5-6H2,1-2H3. The summed E-state index contributed by atoms with van der Waals surface area (Å²) in [5.41, 5.74) is 1.59. The lowest BCUT2D eigenvalue weighted by atomic mass is 10.0. The predicted octanol–water partition coefficient (Wildman–Crippen LogP) is 3.44. The number of rotatable bonds is 3. The van der Waals surface area contributed by atoms with Gasteiger partial charge < -0.3 is 5.32 Å². The van der Waals surface area contributed by atoms with E-state index in [-0.39, 0.29) is 0 Å². The second-order valence-corrected chi connectivity index (χ2v) is 5.11. The number of pyridine rings is 1. The Labute approximate surface area is 93.3 Å². The molecular weight excluding hydrogens is 240 g/mol. The van der Waals surface area contributed by atoms with Gasteiger partial charge in [-0.15, -0.1) is 0 Å². The maximum atomic E-state index is 4.19. The van der Waals surface area contributed by atoms with Crippen LogP contribution in [0.3, 0.4) is 0 Å². The van der Waals surface area contributed by atoms with Gasteiger partial charge in [0.2, 0.25) is 0 Å². The predicted molar refractivity (Wildman–Crippen MR) is 62.4 cm³/mol. The second kappa shape index (κ2) is 3.54. The Balaban J connectivity index is 2.07. The van der Waals surface area contributed by atoms with E-state index in [9.17, 15) is 0 Å². The lowest BCUT2D eigenvalue weighted by Gasteiger charge is -2.21. The lowest BCUT2D eigenvalue weighted by Crippen LogP contribution is -2.25. The van der Waals surface area contributed by atoms with Gasteiger partial charge in [0, 0.05) is 12.2 Å². The molecule has 1 fully saturated rings. The van der Waals surface area contributed by atoms with Gasteiger partial charge in [-0.1, -0.05) is 6.92 Å². The summed E-state index contributed by atoms with van der Waals surface area (Å²) >= 11 is 3.44. The minimum atomic E-state index is 0.495. The lowest BCUT2D eigenvalue weighted by molar-refractivity contribution is 0.493. The Morgan fingerprint density at radius 1 is 1.57 bits per heavy atom. The Bertz CT molecular complexity index is 334. The molecule has 0 saturated heterocycles. The van der Waals surface area contributed by atoms with Gasteiger partial charge >= 0.3 is 0 Å². The van der Waals surface area contributed by atoms with Gasteiger partial charge in [-0.05, 0) is 53.2 Å². The first-order valence-corrected chi connectivity index (χ1v) is 5.78. The fourth-order valence-electron chi connectivity index (χ4n) is 1.53. The molecule has 2 nitrogen and oxygen atoms in total. The first kappa shape index (κ1) is 9.97. The summed E-state index contributed by atoms with van der Waals surface area (Å²) in [6.07, 6.45) is 4.46. The van der Waals surface area contributed by atoms with E-state index in [1.807, 2.05) is 6.07 Å². The zero-order valence-electron chi connectivity index (χ0n) is 8.55. The maximum Gasteiger partial charge on any atom is 0.129 e. The average molecular weight is 255 g/mol. The highest BCUT2D eigenvalue weighted by Crippen LogP contribution is 2.49. The molecule has 0 aliphatic heterocycles. The van der Waals surface area contributed by atoms with Crippen LogP contribution in [0.4, 0.5) is 5.69 Å². The van der Waals surface area contributed by atoms with Crippen LogP contribution in [-0.4, -0.2) is 11.0 Å². The fourth-order valence-corrected chi connectivity index (χ4v) is 1.90. The molecule has 2 rings (SSSR count). The van der Waals surface area contributed by atoms with Gasteiger partial charge in [-0.2, -0.15) is 0 Å². The molecule has 3 heteroatoms. The third-order valence-corrected chi connectivity index (χ3v) is 3.85. The van der Waals surface area contributed by atoms with Crippen LogP contribution >= 0.6 is 15.9 Å². The zero-order chi connectivity index (χ0) is 10.2. The smallest absolute Gasteiger partial charge is 0.129 e. The van der Waals surface area contributed by atoms with Crippen molar-refractivity contribution in [1.82, 2.24) is 4.98 Å². The molecule has 1 N–H and O–H groups in total. The molecule has 0 spiro atoms. The largest absolute Gasteiger partial charge is 0.380 e. The third-order valence-electron chi connectivity index (χ3n) is 3.22. The Kier molecular flexibility index (Phi) is 2.52. The van der Waals surface area contributed by atoms with E-state index >= 15 is 0 Å². The number of anilines is 1. The second-order valence-electron chi connectivity index (χ2n) is 4.36. The van der Waals surface area contributed by atoms with Crippen molar-refractivity contribution < 1.29 is 0 Å². The monoisotopic (exact) mass is 254 g/mol. The number of nitrogens with one attached hydrogen (secondary N) is 1. The molecule has 1 aromatic heterocycles. The summed E-state index contributed by atoms with van der Waals surface area (Å²) in [6.45, 7) is 4.57. The van der Waals surface area contributed by atoms with E-state index in [1.54, 1.807) is 6.20 Å². The van der Waals surface area contributed by atoms with Crippen molar-refractivity contribution in [3.63, 3.8) is 0 Å². The van der Waals surface area contributed by atoms with Gasteiger partial charge in [-0.25, -0.2) is 4.98 Å². The van der Waals surface area contributed by atoms with Gasteiger partial charge in [-0.3, -0.25) is 0 Å². The van der Waals surface area contributed by atoms with E-state index in [2.05, 4.69) is 46.1 Å². The van der Waals surface area contributed by atoms with Crippen LogP contribution in [0.15, 0.2) is 22.9 Å². The van der Waals surface area contributed by atoms with E-state index in [0.29, 0.717) is 11.5 Å². The minimum absolute atomic E-state index is 0.495. The fraction of sp³-hybridized carbons (Fsp3) is 0.545. The molecule has 0 radical (unpaired) electrons. The molecule has 0 bridgehead atoms. The summed E-state index contributed by atoms with van der Waals surface area (Å²) in [4.78, 5) is 4.19. The summed E-state index contributed by atoms with van der Waals surface area (Å²) in [5.74, 6) is 0. The van der Waals surface area contributed by atoms with Crippen molar-refractivity contribution in [3.8, 4) is 0 Å². The summed E-state index contributed by atoms with van der Waals surface area (Å²) in [5, 5.41) is 3.50. The van der Waals surface area contributed by atoms with E-state index in [0.717, 1.165) is 10.3 Å². The van der Waals surface area contributed by atoms with Crippen LogP contribution in [-0.2, 0) is 0 Å². The Morgan fingerprint density at radius 2 is 2.29 bits per heavy atom. The SMILES string of the molecule is CC(Nc1cccnc1Br)C1(C)CC1. The van der Waals surface area contributed by atoms with Gasteiger partial charge in [0.15, 0.2) is 0 Å². The number of aromatic nitrogens is 1. The molecule has 1 unspecified atom stereocenters. The molecule has 76 valence electrons. The molecule has 1 aliphatic rings. The topological polar surface area (TPSA) is 24.9 Å². The van der Waals surface area contributed by atoms with Crippen molar-refractivity contribution in [1.29, 1.82) is 0 Å². The minimum Gasteiger partial charge on any atom is -0.380 e. The highest BCUT2D eigenvalue weighted by Gasteiger charge is 2.42. The first-order chi connectivity index (χ1) is 6.62. The molecule has 0 aromatic carbocycles. The van der Waals surface area contributed by atoms with Crippen LogP contribution in [0.2, 0.25) is 0 Å². The van der Waals surface area contributed by atoms with E-state index < -0.39 is 0 Å². The molecular formula is C11H15BrN2. The van der Waals surface area contributed by atoms with Crippen molar-refractivity contribution in [2.24, 2.45) is 5.41 Å². The van der Waals surface area contributed by atoms with Gasteiger partial charge in [0.05, 0.1) is 5.69 Å². The molecule has 1 atom stereocenters. The highest BCUT2D eigenvalue weighted by molar-refractivity contribution is 9.10. The summed E-state index contributed by atoms with van der Waals surface area (Å²) in [6, 6.07) is 4.52. The molecule has 0 amide bonds. The summed E-state index contributed by atoms with van der Waals surface area (Å²) < 4.78 is 0.899. The van der Waals surface area contributed by atoms with Crippen LogP contribution in [0.5, 0.6) is 0 Å². The van der Waals surface area contributed by atoms with Crippen LogP contribution in [0.1, 0.15) is 26.7 Å². The average Bonchev–Trinajstić information content (AvgIpc) is 2.89. The zero-order valence-corrected chi connectivity index (χ0v) is 10.1. The first-order valence-electron chi connectivity index (χ1n) is 4.99. The van der Waals surface area contributed by atoms with Crippen molar-refractivity contribution >= 4 is 21.6 Å². The molecule has 1 heterocycles. The quantitative estimate of drug-likeness (QED) is 0.837. The number of nitrogens with zero attached hydrogens (tertiary/aromatic N) is 1. The number of halogens is 1. The maximum absolute atomic E-state index is 4.19. The van der Waals surface area contributed by atoms with E-state index in [4.69, 9.17) is 0 Å². The van der Waals surface area contributed by atoms with Crippen molar-refractivity contribution in [3.05, 3.63) is 22.9 Å². The third kappa shape index (κ3) is 1.92. The highest BCUT2D eigenvalue weighted by atomic mass is 79.9. The molecule has 1 aliphatic carbocycles. The number of hydrogen-bond acceptors (Lipinski definition) is 2. The van der Waals surface area contributed by atoms with Gasteiger partial charge in [0.1, 0.15) is 4.60 Å². The van der Waals surface area contributed by atoms with Crippen molar-refractivity contribution in [2.45, 2.75) is 32.7 Å². The Morgan fingerprint density at radius 3 is 2.86 bits per heavy atom. The van der Waals surface area contributed by atoms with Crippen molar-refractivity contribution in [2.75, 3.05) is 5.32 Å². The summed E-state index contributed by atoms with van der Waals surface area (Å²) in [7, 11) is 0. The van der Waals surface area contributed by atoms with E-state index in [1.165, 1.54) is 12.8 Å². The van der Waals surface area contributed by atoms with Crippen LogP contribution in [0.25, 0.3) is 0 Å². The number of hydrogen-bond donors (Lipinski definition) is 1. The molecule has 1 aromatic rings. The Hall–Kier alpha value is -0.570. The van der Waals surface area contributed by atoms with Crippen LogP contribution < -0.4 is 5.32 Å². The molecule has 14 heavy (non-hydrogen) atoms. The van der Waals surface area contributed by atoms with Gasteiger partial charge in [0.25, 0.3) is 0 Å². The van der Waals surface area contributed by atoms with Crippen LogP contribution in [0, 0.1) is 5.41 Å².